The number of rotatable bonds is 4. The van der Waals surface area contributed by atoms with Crippen LogP contribution >= 0.6 is 0 Å². The predicted octanol–water partition coefficient (Wildman–Crippen LogP) is 2.89. The van der Waals surface area contributed by atoms with E-state index in [1.807, 2.05) is 48.9 Å². The van der Waals surface area contributed by atoms with Crippen molar-refractivity contribution in [2.24, 2.45) is 0 Å². The highest BCUT2D eigenvalue weighted by Crippen LogP contribution is 2.28. The third-order valence-corrected chi connectivity index (χ3v) is 6.19. The van der Waals surface area contributed by atoms with Crippen LogP contribution in [0.25, 0.3) is 5.69 Å². The topological polar surface area (TPSA) is 87.5 Å². The van der Waals surface area contributed by atoms with E-state index >= 15 is 0 Å². The normalized spacial score (nSPS) is 15.8. The van der Waals surface area contributed by atoms with E-state index in [4.69, 9.17) is 0 Å². The summed E-state index contributed by atoms with van der Waals surface area (Å²) in [6.45, 7) is 6.68. The van der Waals surface area contributed by atoms with Crippen molar-refractivity contribution in [2.75, 3.05) is 26.7 Å². The van der Waals surface area contributed by atoms with E-state index in [-0.39, 0.29) is 23.8 Å². The maximum atomic E-state index is 13.7. The molecule has 4 rings (SSSR count). The van der Waals surface area contributed by atoms with Crippen LogP contribution in [0.5, 0.6) is 0 Å². The average Bonchev–Trinajstić information content (AvgIpc) is 3.20. The van der Waals surface area contributed by atoms with Crippen molar-refractivity contribution in [3.8, 4) is 5.69 Å². The Kier molecular flexibility index (Phi) is 6.49. The maximum Gasteiger partial charge on any atom is 0.254 e. The molecular formula is C26H29N5O3. The monoisotopic (exact) mass is 459 g/mol. The van der Waals surface area contributed by atoms with Gasteiger partial charge in [-0.1, -0.05) is 18.2 Å². The lowest BCUT2D eigenvalue weighted by molar-refractivity contribution is -0.131. The van der Waals surface area contributed by atoms with Gasteiger partial charge < -0.3 is 15.1 Å². The van der Waals surface area contributed by atoms with E-state index in [0.29, 0.717) is 30.8 Å². The summed E-state index contributed by atoms with van der Waals surface area (Å²) in [7, 11) is 1.58. The van der Waals surface area contributed by atoms with Gasteiger partial charge in [0.2, 0.25) is 5.91 Å². The van der Waals surface area contributed by atoms with Gasteiger partial charge in [-0.3, -0.25) is 14.4 Å². The number of nitrogens with one attached hydrogen (secondary N) is 1. The fourth-order valence-corrected chi connectivity index (χ4v) is 4.46. The first kappa shape index (κ1) is 23.2. The number of aromatic nitrogens is 2. The predicted molar refractivity (Wildman–Crippen MR) is 129 cm³/mol. The molecule has 0 unspecified atom stereocenters. The minimum atomic E-state index is -0.368. The van der Waals surface area contributed by atoms with Crippen LogP contribution in [0, 0.1) is 13.8 Å². The molecule has 1 aliphatic rings. The van der Waals surface area contributed by atoms with E-state index in [1.54, 1.807) is 41.1 Å². The van der Waals surface area contributed by atoms with E-state index in [2.05, 4.69) is 10.4 Å². The largest absolute Gasteiger partial charge is 0.355 e. The van der Waals surface area contributed by atoms with E-state index < -0.39 is 0 Å². The zero-order valence-corrected chi connectivity index (χ0v) is 19.9. The molecule has 1 atom stereocenters. The lowest BCUT2D eigenvalue weighted by atomic mass is 9.98. The number of carbonyl (C=O) groups excluding carboxylic acids is 3. The molecule has 0 saturated carbocycles. The summed E-state index contributed by atoms with van der Waals surface area (Å²) < 4.78 is 1.82. The minimum absolute atomic E-state index is 0.0360. The molecule has 0 spiro atoms. The molecule has 1 aliphatic heterocycles. The van der Waals surface area contributed by atoms with Crippen LogP contribution in [0.3, 0.4) is 0 Å². The molecule has 1 N–H and O–H groups in total. The van der Waals surface area contributed by atoms with Gasteiger partial charge in [0.15, 0.2) is 0 Å². The maximum absolute atomic E-state index is 13.7. The number of aryl methyl sites for hydroxylation is 2. The minimum Gasteiger partial charge on any atom is -0.355 e. The molecule has 2 aromatic carbocycles. The van der Waals surface area contributed by atoms with Crippen molar-refractivity contribution in [2.45, 2.75) is 26.8 Å². The van der Waals surface area contributed by atoms with Crippen molar-refractivity contribution in [1.29, 1.82) is 0 Å². The standard InChI is InChI=1S/C26H29N5O3/c1-17-13-18(2)31(28-17)23-10-6-9-22(15-23)26(34)30-12-11-29(19(3)32)16-24(30)20-7-5-8-21(14-20)25(33)27-4/h5-10,13-15,24H,11-12,16H2,1-4H3,(H,27,33)/t24-/m1/s1. The second-order valence-electron chi connectivity index (χ2n) is 8.57. The van der Waals surface area contributed by atoms with Gasteiger partial charge in [-0.25, -0.2) is 4.68 Å². The van der Waals surface area contributed by atoms with Gasteiger partial charge in [0.1, 0.15) is 0 Å². The molecule has 2 heterocycles. The van der Waals surface area contributed by atoms with Crippen molar-refractivity contribution < 1.29 is 14.4 Å². The Morgan fingerprint density at radius 3 is 2.38 bits per heavy atom. The van der Waals surface area contributed by atoms with Crippen molar-refractivity contribution in [3.05, 3.63) is 82.7 Å². The van der Waals surface area contributed by atoms with E-state index in [0.717, 1.165) is 22.6 Å². The highest BCUT2D eigenvalue weighted by Gasteiger charge is 2.33. The molecule has 8 heteroatoms. The third kappa shape index (κ3) is 4.57. The Labute approximate surface area is 199 Å². The van der Waals surface area contributed by atoms with Gasteiger partial charge >= 0.3 is 0 Å². The first-order valence-electron chi connectivity index (χ1n) is 11.3. The lowest BCUT2D eigenvalue weighted by Crippen LogP contribution is -2.52. The molecule has 0 radical (unpaired) electrons. The van der Waals surface area contributed by atoms with Crippen LogP contribution in [0.1, 0.15) is 50.6 Å². The smallest absolute Gasteiger partial charge is 0.254 e. The van der Waals surface area contributed by atoms with Crippen molar-refractivity contribution in [3.63, 3.8) is 0 Å². The number of hydrogen-bond donors (Lipinski definition) is 1. The Morgan fingerprint density at radius 2 is 1.71 bits per heavy atom. The van der Waals surface area contributed by atoms with E-state index in [9.17, 15) is 14.4 Å². The van der Waals surface area contributed by atoms with Gasteiger partial charge in [-0.15, -0.1) is 0 Å². The summed E-state index contributed by atoms with van der Waals surface area (Å²) >= 11 is 0. The molecule has 3 aromatic rings. The molecular weight excluding hydrogens is 430 g/mol. The number of carbonyl (C=O) groups is 3. The second-order valence-corrected chi connectivity index (χ2v) is 8.57. The first-order valence-corrected chi connectivity index (χ1v) is 11.3. The van der Waals surface area contributed by atoms with Gasteiger partial charge in [-0.2, -0.15) is 5.10 Å². The van der Waals surface area contributed by atoms with Crippen molar-refractivity contribution in [1.82, 2.24) is 24.9 Å². The Morgan fingerprint density at radius 1 is 0.971 bits per heavy atom. The molecule has 1 saturated heterocycles. The van der Waals surface area contributed by atoms with E-state index in [1.165, 1.54) is 6.92 Å². The molecule has 0 bridgehead atoms. The van der Waals surface area contributed by atoms with Crippen LogP contribution in [0.2, 0.25) is 0 Å². The molecule has 3 amide bonds. The fourth-order valence-electron chi connectivity index (χ4n) is 4.46. The third-order valence-electron chi connectivity index (χ3n) is 6.19. The van der Waals surface area contributed by atoms with Crippen LogP contribution in [0.15, 0.2) is 54.6 Å². The first-order chi connectivity index (χ1) is 16.3. The summed E-state index contributed by atoms with van der Waals surface area (Å²) in [5, 5.41) is 7.16. The quantitative estimate of drug-likeness (QED) is 0.650. The summed E-state index contributed by atoms with van der Waals surface area (Å²) in [6, 6.07) is 16.3. The Bertz CT molecular complexity index is 1250. The summed E-state index contributed by atoms with van der Waals surface area (Å²) in [5.41, 5.74) is 4.59. The fraction of sp³-hybridized carbons (Fsp3) is 0.308. The Balaban J connectivity index is 1.69. The summed E-state index contributed by atoms with van der Waals surface area (Å²) in [4.78, 5) is 41.6. The molecule has 176 valence electrons. The van der Waals surface area contributed by atoms with Crippen LogP contribution < -0.4 is 5.32 Å². The molecule has 1 fully saturated rings. The number of hydrogen-bond acceptors (Lipinski definition) is 4. The molecule has 1 aromatic heterocycles. The zero-order chi connectivity index (χ0) is 24.4. The van der Waals surface area contributed by atoms with Crippen LogP contribution in [-0.4, -0.2) is 64.0 Å². The SMILES string of the molecule is CNC(=O)c1cccc([C@H]2CN(C(C)=O)CCN2C(=O)c2cccc(-n3nc(C)cc3C)c2)c1. The lowest BCUT2D eigenvalue weighted by Gasteiger charge is -2.41. The summed E-state index contributed by atoms with van der Waals surface area (Å²) in [5.74, 6) is -0.357. The summed E-state index contributed by atoms with van der Waals surface area (Å²) in [6.07, 6.45) is 0. The molecule has 34 heavy (non-hydrogen) atoms. The van der Waals surface area contributed by atoms with Gasteiger partial charge in [0.05, 0.1) is 17.4 Å². The average molecular weight is 460 g/mol. The second kappa shape index (κ2) is 9.51. The highest BCUT2D eigenvalue weighted by molar-refractivity contribution is 5.96. The van der Waals surface area contributed by atoms with Crippen LogP contribution in [-0.2, 0) is 4.79 Å². The Hall–Kier alpha value is -3.94. The molecule has 0 aliphatic carbocycles. The van der Waals surface area contributed by atoms with Crippen molar-refractivity contribution >= 4 is 17.7 Å². The number of benzene rings is 2. The van der Waals surface area contributed by atoms with Crippen LogP contribution in [0.4, 0.5) is 0 Å². The number of amides is 3. The molecule has 8 nitrogen and oxygen atoms in total. The van der Waals surface area contributed by atoms with Gasteiger partial charge in [0, 0.05) is 50.4 Å². The van der Waals surface area contributed by atoms with Gasteiger partial charge in [0.25, 0.3) is 11.8 Å². The van der Waals surface area contributed by atoms with Gasteiger partial charge in [-0.05, 0) is 55.8 Å². The number of piperazine rings is 1. The highest BCUT2D eigenvalue weighted by atomic mass is 16.2. The zero-order valence-electron chi connectivity index (χ0n) is 19.9. The number of nitrogens with zero attached hydrogens (tertiary/aromatic N) is 4.